The van der Waals surface area contributed by atoms with E-state index in [1.165, 1.54) is 17.7 Å². The van der Waals surface area contributed by atoms with Crippen LogP contribution in [0.4, 0.5) is 0 Å². The van der Waals surface area contributed by atoms with Crippen molar-refractivity contribution >= 4 is 17.1 Å². The standard InChI is InChI=1S/C13H17NOS/c15-13-5-1-4-12(13)14(10-6-7-10)9-11-3-2-8-16-11/h2-3,8,10,12H,1,4-7,9H2. The fraction of sp³-hybridized carbons (Fsp3) is 0.615. The Hall–Kier alpha value is -0.670. The predicted octanol–water partition coefficient (Wildman–Crippen LogP) is 2.83. The molecule has 0 aliphatic heterocycles. The molecule has 0 N–H and O–H groups in total. The van der Waals surface area contributed by atoms with E-state index < -0.39 is 0 Å². The number of thiophene rings is 1. The van der Waals surface area contributed by atoms with Gasteiger partial charge >= 0.3 is 0 Å². The molecule has 1 atom stereocenters. The minimum absolute atomic E-state index is 0.231. The maximum Gasteiger partial charge on any atom is 0.149 e. The van der Waals surface area contributed by atoms with Crippen LogP contribution in [0.1, 0.15) is 37.0 Å². The molecule has 1 aromatic rings. The first-order chi connectivity index (χ1) is 7.84. The monoisotopic (exact) mass is 235 g/mol. The summed E-state index contributed by atoms with van der Waals surface area (Å²) in [5, 5.41) is 2.12. The number of carbonyl (C=O) groups excluding carboxylic acids is 1. The molecule has 2 aliphatic rings. The topological polar surface area (TPSA) is 20.3 Å². The van der Waals surface area contributed by atoms with Crippen molar-refractivity contribution in [1.29, 1.82) is 0 Å². The van der Waals surface area contributed by atoms with E-state index in [1.807, 2.05) is 0 Å². The zero-order valence-corrected chi connectivity index (χ0v) is 10.2. The fourth-order valence-electron chi connectivity index (χ4n) is 2.63. The molecule has 0 bridgehead atoms. The van der Waals surface area contributed by atoms with Crippen molar-refractivity contribution in [1.82, 2.24) is 4.90 Å². The van der Waals surface area contributed by atoms with Gasteiger partial charge in [0, 0.05) is 23.9 Å². The van der Waals surface area contributed by atoms with Crippen LogP contribution in [0.25, 0.3) is 0 Å². The minimum Gasteiger partial charge on any atom is -0.298 e. The molecule has 2 aliphatic carbocycles. The van der Waals surface area contributed by atoms with Gasteiger partial charge in [0.25, 0.3) is 0 Å². The Morgan fingerprint density at radius 1 is 1.38 bits per heavy atom. The molecule has 1 heterocycles. The zero-order valence-electron chi connectivity index (χ0n) is 9.39. The molecule has 2 saturated carbocycles. The van der Waals surface area contributed by atoms with Crippen LogP contribution in [-0.2, 0) is 11.3 Å². The Morgan fingerprint density at radius 3 is 2.81 bits per heavy atom. The smallest absolute Gasteiger partial charge is 0.149 e. The predicted molar refractivity (Wildman–Crippen MR) is 65.5 cm³/mol. The summed E-state index contributed by atoms with van der Waals surface area (Å²) in [5.41, 5.74) is 0. The largest absolute Gasteiger partial charge is 0.298 e. The Labute approximate surface area is 100 Å². The van der Waals surface area contributed by atoms with Crippen molar-refractivity contribution in [3.63, 3.8) is 0 Å². The van der Waals surface area contributed by atoms with Crippen LogP contribution < -0.4 is 0 Å². The van der Waals surface area contributed by atoms with Gasteiger partial charge in [0.15, 0.2) is 0 Å². The number of hydrogen-bond acceptors (Lipinski definition) is 3. The fourth-order valence-corrected chi connectivity index (χ4v) is 3.34. The number of Topliss-reactive ketones (excluding diaryl/α,β-unsaturated/α-hetero) is 1. The third-order valence-corrected chi connectivity index (χ3v) is 4.47. The van der Waals surface area contributed by atoms with Crippen LogP contribution in [0.5, 0.6) is 0 Å². The third-order valence-electron chi connectivity index (χ3n) is 3.61. The van der Waals surface area contributed by atoms with E-state index in [0.29, 0.717) is 11.8 Å². The van der Waals surface area contributed by atoms with Gasteiger partial charge in [0.2, 0.25) is 0 Å². The summed E-state index contributed by atoms with van der Waals surface area (Å²) in [6.45, 7) is 0.985. The lowest BCUT2D eigenvalue weighted by molar-refractivity contribution is -0.122. The molecule has 1 unspecified atom stereocenters. The van der Waals surface area contributed by atoms with Crippen LogP contribution in [0.15, 0.2) is 17.5 Å². The lowest BCUT2D eigenvalue weighted by Crippen LogP contribution is -2.39. The first-order valence-electron chi connectivity index (χ1n) is 6.15. The summed E-state index contributed by atoms with van der Waals surface area (Å²) in [7, 11) is 0. The average molecular weight is 235 g/mol. The van der Waals surface area contributed by atoms with Crippen molar-refractivity contribution < 1.29 is 4.79 Å². The van der Waals surface area contributed by atoms with Gasteiger partial charge in [-0.2, -0.15) is 0 Å². The van der Waals surface area contributed by atoms with Gasteiger partial charge < -0.3 is 0 Å². The number of rotatable bonds is 4. The first-order valence-corrected chi connectivity index (χ1v) is 7.03. The van der Waals surface area contributed by atoms with Gasteiger partial charge in [-0.1, -0.05) is 6.07 Å². The van der Waals surface area contributed by atoms with E-state index in [-0.39, 0.29) is 6.04 Å². The molecule has 1 aromatic heterocycles. The quantitative estimate of drug-likeness (QED) is 0.800. The van der Waals surface area contributed by atoms with E-state index in [9.17, 15) is 4.79 Å². The second kappa shape index (κ2) is 4.30. The molecule has 0 saturated heterocycles. The molecule has 0 radical (unpaired) electrons. The summed E-state index contributed by atoms with van der Waals surface area (Å²) in [5.74, 6) is 0.475. The van der Waals surface area contributed by atoms with Crippen molar-refractivity contribution in [2.75, 3.05) is 0 Å². The van der Waals surface area contributed by atoms with Crippen LogP contribution in [0, 0.1) is 0 Å². The summed E-state index contributed by atoms with van der Waals surface area (Å²) < 4.78 is 0. The number of nitrogens with zero attached hydrogens (tertiary/aromatic N) is 1. The molecule has 0 spiro atoms. The maximum atomic E-state index is 11.8. The molecule has 86 valence electrons. The van der Waals surface area contributed by atoms with Gasteiger partial charge in [-0.3, -0.25) is 9.69 Å². The highest BCUT2D eigenvalue weighted by atomic mass is 32.1. The van der Waals surface area contributed by atoms with Crippen LogP contribution >= 0.6 is 11.3 Å². The summed E-state index contributed by atoms with van der Waals surface area (Å²) in [6, 6.07) is 5.20. The van der Waals surface area contributed by atoms with E-state index in [2.05, 4.69) is 22.4 Å². The van der Waals surface area contributed by atoms with E-state index >= 15 is 0 Å². The Bertz CT molecular complexity index is 369. The van der Waals surface area contributed by atoms with Crippen molar-refractivity contribution in [3.05, 3.63) is 22.4 Å². The van der Waals surface area contributed by atoms with Crippen LogP contribution in [0.3, 0.4) is 0 Å². The SMILES string of the molecule is O=C1CCCC1N(Cc1cccs1)C1CC1. The first kappa shape index (κ1) is 10.5. The normalized spacial score (nSPS) is 25.6. The highest BCUT2D eigenvalue weighted by Gasteiger charge is 2.38. The molecule has 2 nitrogen and oxygen atoms in total. The molecule has 0 aromatic carbocycles. The molecular weight excluding hydrogens is 218 g/mol. The van der Waals surface area contributed by atoms with Gasteiger partial charge in [-0.05, 0) is 37.1 Å². The molecular formula is C13H17NOS. The maximum absolute atomic E-state index is 11.8. The molecule has 2 fully saturated rings. The van der Waals surface area contributed by atoms with E-state index in [1.54, 1.807) is 11.3 Å². The average Bonchev–Trinajstić information content (AvgIpc) is 2.82. The zero-order chi connectivity index (χ0) is 11.0. The highest BCUT2D eigenvalue weighted by molar-refractivity contribution is 7.09. The molecule has 0 amide bonds. The molecule has 3 heteroatoms. The Balaban J connectivity index is 1.73. The summed E-state index contributed by atoms with van der Waals surface area (Å²) in [4.78, 5) is 15.7. The molecule has 3 rings (SSSR count). The van der Waals surface area contributed by atoms with Gasteiger partial charge in [-0.15, -0.1) is 11.3 Å². The van der Waals surface area contributed by atoms with E-state index in [4.69, 9.17) is 0 Å². The third kappa shape index (κ3) is 2.06. The second-order valence-electron chi connectivity index (χ2n) is 4.86. The lowest BCUT2D eigenvalue weighted by atomic mass is 10.2. The van der Waals surface area contributed by atoms with Crippen LogP contribution in [-0.4, -0.2) is 22.8 Å². The highest BCUT2D eigenvalue weighted by Crippen LogP contribution is 2.34. The van der Waals surface area contributed by atoms with Crippen LogP contribution in [0.2, 0.25) is 0 Å². The van der Waals surface area contributed by atoms with Crippen molar-refractivity contribution in [2.24, 2.45) is 0 Å². The van der Waals surface area contributed by atoms with Crippen molar-refractivity contribution in [2.45, 2.75) is 50.7 Å². The minimum atomic E-state index is 0.231. The van der Waals surface area contributed by atoms with E-state index in [0.717, 1.165) is 25.8 Å². The summed E-state index contributed by atoms with van der Waals surface area (Å²) >= 11 is 1.80. The number of hydrogen-bond donors (Lipinski definition) is 0. The Morgan fingerprint density at radius 2 is 2.25 bits per heavy atom. The lowest BCUT2D eigenvalue weighted by Gasteiger charge is -2.27. The number of carbonyl (C=O) groups is 1. The second-order valence-corrected chi connectivity index (χ2v) is 5.89. The molecule has 16 heavy (non-hydrogen) atoms. The Kier molecular flexibility index (Phi) is 2.82. The van der Waals surface area contributed by atoms with Gasteiger partial charge in [0.1, 0.15) is 5.78 Å². The number of ketones is 1. The van der Waals surface area contributed by atoms with Gasteiger partial charge in [0.05, 0.1) is 6.04 Å². The summed E-state index contributed by atoms with van der Waals surface area (Å²) in [6.07, 6.45) is 5.56. The van der Waals surface area contributed by atoms with Gasteiger partial charge in [-0.25, -0.2) is 0 Å². The van der Waals surface area contributed by atoms with Crippen molar-refractivity contribution in [3.8, 4) is 0 Å².